The van der Waals surface area contributed by atoms with Crippen molar-refractivity contribution in [3.63, 3.8) is 0 Å². The normalized spacial score (nSPS) is 10.5. The third-order valence-corrected chi connectivity index (χ3v) is 3.65. The van der Waals surface area contributed by atoms with Gasteiger partial charge in [-0.15, -0.1) is 0 Å². The van der Waals surface area contributed by atoms with E-state index in [-0.39, 0.29) is 18.2 Å². The van der Waals surface area contributed by atoms with Gasteiger partial charge in [-0.2, -0.15) is 4.98 Å². The van der Waals surface area contributed by atoms with Crippen LogP contribution in [0.3, 0.4) is 0 Å². The van der Waals surface area contributed by atoms with Gasteiger partial charge in [-0.1, -0.05) is 11.2 Å². The van der Waals surface area contributed by atoms with Crippen molar-refractivity contribution < 1.29 is 19.0 Å². The van der Waals surface area contributed by atoms with Gasteiger partial charge in [0.05, 0.1) is 4.92 Å². The molecule has 0 atom stereocenters. The molecule has 0 unspecified atom stereocenters. The largest absolute Gasteiger partial charge is 0.484 e. The summed E-state index contributed by atoms with van der Waals surface area (Å²) in [6.45, 7) is 1.42. The lowest BCUT2D eigenvalue weighted by Gasteiger charge is -2.03. The molecule has 3 rings (SSSR count). The van der Waals surface area contributed by atoms with Gasteiger partial charge in [0.15, 0.2) is 6.61 Å². The van der Waals surface area contributed by atoms with Crippen molar-refractivity contribution in [1.82, 2.24) is 10.1 Å². The zero-order valence-corrected chi connectivity index (χ0v) is 13.7. The van der Waals surface area contributed by atoms with Crippen LogP contribution in [-0.4, -0.2) is 27.6 Å². The first kappa shape index (κ1) is 17.1. The number of carbonyl (C=O) groups is 1. The van der Waals surface area contributed by atoms with Crippen molar-refractivity contribution in [3.05, 3.63) is 58.1 Å². The number of amides is 1. The number of hydrogen-bond donors (Lipinski definition) is 1. The molecular weight excluding hydrogens is 340 g/mol. The lowest BCUT2D eigenvalue weighted by Crippen LogP contribution is -2.19. The fourth-order valence-electron chi connectivity index (χ4n) is 2.36. The Kier molecular flexibility index (Phi) is 4.61. The Labute approximate surface area is 147 Å². The van der Waals surface area contributed by atoms with Gasteiger partial charge in [0.2, 0.25) is 5.82 Å². The van der Waals surface area contributed by atoms with Gasteiger partial charge in [0, 0.05) is 22.8 Å². The van der Waals surface area contributed by atoms with Crippen molar-refractivity contribution in [2.45, 2.75) is 6.92 Å². The Morgan fingerprint density at radius 1 is 1.27 bits per heavy atom. The molecule has 0 fully saturated rings. The average molecular weight is 354 g/mol. The lowest BCUT2D eigenvalue weighted by molar-refractivity contribution is -0.385. The number of aromatic nitrogens is 2. The van der Waals surface area contributed by atoms with E-state index in [2.05, 4.69) is 10.1 Å². The molecule has 2 aromatic carbocycles. The van der Waals surface area contributed by atoms with Gasteiger partial charge >= 0.3 is 0 Å². The predicted octanol–water partition coefficient (Wildman–Crippen LogP) is 2.48. The monoisotopic (exact) mass is 354 g/mol. The molecule has 1 amide bonds. The minimum Gasteiger partial charge on any atom is -0.484 e. The van der Waals surface area contributed by atoms with E-state index >= 15 is 0 Å². The van der Waals surface area contributed by atoms with Gasteiger partial charge in [-0.05, 0) is 37.3 Å². The molecule has 0 spiro atoms. The van der Waals surface area contributed by atoms with Crippen molar-refractivity contribution in [3.8, 4) is 28.6 Å². The predicted molar refractivity (Wildman–Crippen MR) is 91.3 cm³/mol. The number of nitro groups is 1. The average Bonchev–Trinajstić information content (AvgIpc) is 3.10. The summed E-state index contributed by atoms with van der Waals surface area (Å²) in [5.41, 5.74) is 6.61. The highest BCUT2D eigenvalue weighted by Gasteiger charge is 2.19. The summed E-state index contributed by atoms with van der Waals surface area (Å²) in [6, 6.07) is 11.4. The van der Waals surface area contributed by atoms with Gasteiger partial charge in [-0.3, -0.25) is 14.9 Å². The van der Waals surface area contributed by atoms with E-state index in [1.54, 1.807) is 43.3 Å². The van der Waals surface area contributed by atoms with Crippen LogP contribution in [0.4, 0.5) is 5.69 Å². The van der Waals surface area contributed by atoms with Crippen LogP contribution in [0.5, 0.6) is 5.75 Å². The molecular formula is C17H14N4O5. The number of ether oxygens (including phenoxy) is 1. The first-order valence-corrected chi connectivity index (χ1v) is 7.55. The molecule has 26 heavy (non-hydrogen) atoms. The number of nitro benzene ring substituents is 1. The molecule has 0 radical (unpaired) electrons. The summed E-state index contributed by atoms with van der Waals surface area (Å²) < 4.78 is 10.4. The van der Waals surface area contributed by atoms with Gasteiger partial charge < -0.3 is 15.0 Å². The van der Waals surface area contributed by atoms with Crippen molar-refractivity contribution >= 4 is 11.6 Å². The van der Waals surface area contributed by atoms with E-state index < -0.39 is 10.8 Å². The lowest BCUT2D eigenvalue weighted by atomic mass is 10.1. The number of carbonyl (C=O) groups excluding carboxylic acids is 1. The van der Waals surface area contributed by atoms with Gasteiger partial charge in [0.1, 0.15) is 5.75 Å². The minimum atomic E-state index is -0.566. The second kappa shape index (κ2) is 7.01. The number of nitrogens with two attached hydrogens (primary N) is 1. The molecule has 2 N–H and O–H groups in total. The second-order valence-electron chi connectivity index (χ2n) is 5.41. The van der Waals surface area contributed by atoms with Crippen LogP contribution < -0.4 is 10.5 Å². The van der Waals surface area contributed by atoms with Gasteiger partial charge in [0.25, 0.3) is 17.5 Å². The third kappa shape index (κ3) is 3.51. The maximum absolute atomic E-state index is 11.1. The van der Waals surface area contributed by atoms with Crippen LogP contribution in [0.15, 0.2) is 47.0 Å². The summed E-state index contributed by atoms with van der Waals surface area (Å²) in [5.74, 6) is 0.428. The number of hydrogen-bond acceptors (Lipinski definition) is 7. The van der Waals surface area contributed by atoms with Crippen LogP contribution in [0.2, 0.25) is 0 Å². The second-order valence-corrected chi connectivity index (χ2v) is 5.41. The third-order valence-electron chi connectivity index (χ3n) is 3.65. The molecule has 132 valence electrons. The zero-order chi connectivity index (χ0) is 18.7. The molecule has 0 aliphatic heterocycles. The van der Waals surface area contributed by atoms with Crippen LogP contribution in [0, 0.1) is 17.0 Å². The summed E-state index contributed by atoms with van der Waals surface area (Å²) in [7, 11) is 0. The minimum absolute atomic E-state index is 0.0156. The maximum Gasteiger partial charge on any atom is 0.273 e. The first-order valence-electron chi connectivity index (χ1n) is 7.55. The molecule has 1 heterocycles. The SMILES string of the molecule is Cc1c(-c2nc(-c3ccc(OCC(N)=O)cc3)no2)cccc1[N+](=O)[O-]. The smallest absolute Gasteiger partial charge is 0.273 e. The maximum atomic E-state index is 11.1. The van der Waals surface area contributed by atoms with E-state index in [9.17, 15) is 14.9 Å². The number of nitrogens with zero attached hydrogens (tertiary/aromatic N) is 3. The highest BCUT2D eigenvalue weighted by Crippen LogP contribution is 2.30. The molecule has 0 aliphatic rings. The van der Waals surface area contributed by atoms with E-state index in [1.165, 1.54) is 6.07 Å². The van der Waals surface area contributed by atoms with Gasteiger partial charge in [-0.25, -0.2) is 0 Å². The van der Waals surface area contributed by atoms with Crippen LogP contribution in [-0.2, 0) is 4.79 Å². The molecule has 9 heteroatoms. The molecule has 0 saturated carbocycles. The standard InChI is InChI=1S/C17H14N4O5/c1-10-13(3-2-4-14(10)21(23)24)17-19-16(20-26-17)11-5-7-12(8-6-11)25-9-15(18)22/h2-8H,9H2,1H3,(H2,18,22). The highest BCUT2D eigenvalue weighted by atomic mass is 16.6. The number of benzene rings is 2. The van der Waals surface area contributed by atoms with E-state index in [4.69, 9.17) is 15.0 Å². The number of primary amides is 1. The summed E-state index contributed by atoms with van der Waals surface area (Å²) in [5, 5.41) is 15.0. The number of rotatable bonds is 6. The van der Waals surface area contributed by atoms with E-state index in [0.29, 0.717) is 28.3 Å². The Bertz CT molecular complexity index is 966. The Hall–Kier alpha value is -3.75. The Morgan fingerprint density at radius 3 is 2.65 bits per heavy atom. The van der Waals surface area contributed by atoms with E-state index in [0.717, 1.165) is 0 Å². The van der Waals surface area contributed by atoms with E-state index in [1.807, 2.05) is 0 Å². The Morgan fingerprint density at radius 2 is 2.00 bits per heavy atom. The molecule has 1 aromatic heterocycles. The molecule has 3 aromatic rings. The molecule has 9 nitrogen and oxygen atoms in total. The molecule has 0 bridgehead atoms. The summed E-state index contributed by atoms with van der Waals surface area (Å²) in [4.78, 5) is 25.6. The summed E-state index contributed by atoms with van der Waals surface area (Å²) >= 11 is 0. The van der Waals surface area contributed by atoms with Crippen molar-refractivity contribution in [1.29, 1.82) is 0 Å². The topological polar surface area (TPSA) is 134 Å². The fraction of sp³-hybridized carbons (Fsp3) is 0.118. The summed E-state index contributed by atoms with van der Waals surface area (Å²) in [6.07, 6.45) is 0. The highest BCUT2D eigenvalue weighted by molar-refractivity contribution is 5.75. The van der Waals surface area contributed by atoms with Crippen molar-refractivity contribution in [2.24, 2.45) is 5.73 Å². The van der Waals surface area contributed by atoms with Crippen molar-refractivity contribution in [2.75, 3.05) is 6.61 Å². The zero-order valence-electron chi connectivity index (χ0n) is 13.7. The first-order chi connectivity index (χ1) is 12.5. The quantitative estimate of drug-likeness (QED) is 0.530. The van der Waals surface area contributed by atoms with Crippen LogP contribution >= 0.6 is 0 Å². The fourth-order valence-corrected chi connectivity index (χ4v) is 2.36. The van der Waals surface area contributed by atoms with Crippen LogP contribution in [0.1, 0.15) is 5.56 Å². The molecule has 0 aliphatic carbocycles. The molecule has 0 saturated heterocycles. The van der Waals surface area contributed by atoms with Crippen LogP contribution in [0.25, 0.3) is 22.8 Å². The Balaban J connectivity index is 1.85.